The molecule has 112 valence electrons. The van der Waals surface area contributed by atoms with E-state index in [0.29, 0.717) is 18.7 Å². The standard InChI is InChI=1S/C15H19N3O3/c1-17(15(21)11-18-9-5-8-14(18)20)10-13(19)16-12-6-3-2-4-7-12/h2-4,6-7H,5,8-11H2,1H3,(H,16,19). The molecule has 0 radical (unpaired) electrons. The van der Waals surface area contributed by atoms with Crippen LogP contribution >= 0.6 is 0 Å². The zero-order chi connectivity index (χ0) is 15.2. The van der Waals surface area contributed by atoms with Gasteiger partial charge in [-0.1, -0.05) is 18.2 Å². The third-order valence-corrected chi connectivity index (χ3v) is 3.36. The van der Waals surface area contributed by atoms with Crippen molar-refractivity contribution in [3.8, 4) is 0 Å². The second kappa shape index (κ2) is 6.88. The summed E-state index contributed by atoms with van der Waals surface area (Å²) < 4.78 is 0. The third kappa shape index (κ3) is 4.30. The summed E-state index contributed by atoms with van der Waals surface area (Å²) in [5.74, 6) is -0.483. The molecule has 1 N–H and O–H groups in total. The van der Waals surface area contributed by atoms with Crippen molar-refractivity contribution in [3.63, 3.8) is 0 Å². The minimum atomic E-state index is -0.259. The fourth-order valence-corrected chi connectivity index (χ4v) is 2.18. The highest BCUT2D eigenvalue weighted by Crippen LogP contribution is 2.09. The predicted molar refractivity (Wildman–Crippen MR) is 78.5 cm³/mol. The lowest BCUT2D eigenvalue weighted by Crippen LogP contribution is -2.42. The van der Waals surface area contributed by atoms with Crippen molar-refractivity contribution < 1.29 is 14.4 Å². The Balaban J connectivity index is 1.80. The number of para-hydroxylation sites is 1. The fourth-order valence-electron chi connectivity index (χ4n) is 2.18. The first-order chi connectivity index (χ1) is 10.1. The Kier molecular flexibility index (Phi) is 4.92. The van der Waals surface area contributed by atoms with E-state index in [1.165, 1.54) is 9.80 Å². The molecule has 1 aliphatic rings. The molecule has 0 aromatic heterocycles. The maximum Gasteiger partial charge on any atom is 0.243 e. The van der Waals surface area contributed by atoms with Crippen molar-refractivity contribution in [2.24, 2.45) is 0 Å². The van der Waals surface area contributed by atoms with Gasteiger partial charge in [-0.15, -0.1) is 0 Å². The number of hydrogen-bond donors (Lipinski definition) is 1. The highest BCUT2D eigenvalue weighted by atomic mass is 16.2. The molecule has 21 heavy (non-hydrogen) atoms. The van der Waals surface area contributed by atoms with E-state index in [-0.39, 0.29) is 30.8 Å². The lowest BCUT2D eigenvalue weighted by atomic mass is 10.3. The van der Waals surface area contributed by atoms with Crippen LogP contribution in [0.25, 0.3) is 0 Å². The number of amides is 3. The number of benzene rings is 1. The molecule has 0 atom stereocenters. The molecule has 0 saturated carbocycles. The van der Waals surface area contributed by atoms with Crippen molar-refractivity contribution in [2.75, 3.05) is 32.0 Å². The normalized spacial score (nSPS) is 14.1. The molecule has 1 aromatic rings. The highest BCUT2D eigenvalue weighted by molar-refractivity contribution is 5.95. The molecule has 1 heterocycles. The third-order valence-electron chi connectivity index (χ3n) is 3.36. The minimum Gasteiger partial charge on any atom is -0.335 e. The van der Waals surface area contributed by atoms with E-state index in [4.69, 9.17) is 0 Å². The van der Waals surface area contributed by atoms with E-state index in [1.807, 2.05) is 18.2 Å². The number of likely N-dealkylation sites (N-methyl/N-ethyl adjacent to an activating group) is 1. The molecular formula is C15H19N3O3. The van der Waals surface area contributed by atoms with Crippen LogP contribution in [0.15, 0.2) is 30.3 Å². The summed E-state index contributed by atoms with van der Waals surface area (Å²) in [7, 11) is 1.56. The largest absolute Gasteiger partial charge is 0.335 e. The smallest absolute Gasteiger partial charge is 0.243 e. The van der Waals surface area contributed by atoms with Gasteiger partial charge in [0, 0.05) is 25.7 Å². The van der Waals surface area contributed by atoms with E-state index >= 15 is 0 Å². The van der Waals surface area contributed by atoms with Gasteiger partial charge in [0.25, 0.3) is 0 Å². The number of carbonyl (C=O) groups is 3. The lowest BCUT2D eigenvalue weighted by Gasteiger charge is -2.21. The van der Waals surface area contributed by atoms with Crippen LogP contribution in [0.2, 0.25) is 0 Å². The quantitative estimate of drug-likeness (QED) is 0.867. The number of hydrogen-bond acceptors (Lipinski definition) is 3. The van der Waals surface area contributed by atoms with Crippen LogP contribution < -0.4 is 5.32 Å². The lowest BCUT2D eigenvalue weighted by molar-refractivity contribution is -0.138. The summed E-state index contributed by atoms with van der Waals surface area (Å²) in [6.07, 6.45) is 1.30. The van der Waals surface area contributed by atoms with Crippen LogP contribution in [0, 0.1) is 0 Å². The second-order valence-corrected chi connectivity index (χ2v) is 5.08. The molecule has 0 aliphatic carbocycles. The second-order valence-electron chi connectivity index (χ2n) is 5.08. The number of likely N-dealkylation sites (tertiary alicyclic amines) is 1. The average Bonchev–Trinajstić information content (AvgIpc) is 2.85. The molecule has 1 aromatic carbocycles. The van der Waals surface area contributed by atoms with E-state index in [0.717, 1.165) is 6.42 Å². The van der Waals surface area contributed by atoms with E-state index in [9.17, 15) is 14.4 Å². The zero-order valence-electron chi connectivity index (χ0n) is 12.0. The van der Waals surface area contributed by atoms with E-state index < -0.39 is 0 Å². The van der Waals surface area contributed by atoms with Gasteiger partial charge in [-0.3, -0.25) is 14.4 Å². The van der Waals surface area contributed by atoms with E-state index in [1.54, 1.807) is 19.2 Å². The summed E-state index contributed by atoms with van der Waals surface area (Å²) >= 11 is 0. The number of carbonyl (C=O) groups excluding carboxylic acids is 3. The summed E-state index contributed by atoms with van der Waals surface area (Å²) in [5.41, 5.74) is 0.693. The van der Waals surface area contributed by atoms with Crippen LogP contribution in [0.5, 0.6) is 0 Å². The molecule has 6 heteroatoms. The monoisotopic (exact) mass is 289 g/mol. The Bertz CT molecular complexity index is 530. The van der Waals surface area contributed by atoms with Crippen molar-refractivity contribution in [1.29, 1.82) is 0 Å². The van der Waals surface area contributed by atoms with E-state index in [2.05, 4.69) is 5.32 Å². The van der Waals surface area contributed by atoms with Gasteiger partial charge in [0.15, 0.2) is 0 Å². The summed E-state index contributed by atoms with van der Waals surface area (Å²) in [4.78, 5) is 38.2. The molecule has 0 spiro atoms. The molecule has 0 unspecified atom stereocenters. The van der Waals surface area contributed by atoms with Crippen molar-refractivity contribution in [3.05, 3.63) is 30.3 Å². The van der Waals surface area contributed by atoms with Crippen LogP contribution in [0.4, 0.5) is 5.69 Å². The molecular weight excluding hydrogens is 270 g/mol. The molecule has 1 saturated heterocycles. The topological polar surface area (TPSA) is 69.7 Å². The number of rotatable bonds is 5. The Morgan fingerprint density at radius 2 is 2.00 bits per heavy atom. The van der Waals surface area contributed by atoms with Gasteiger partial charge in [-0.25, -0.2) is 0 Å². The van der Waals surface area contributed by atoms with Gasteiger partial charge >= 0.3 is 0 Å². The van der Waals surface area contributed by atoms with Gasteiger partial charge in [-0.2, -0.15) is 0 Å². The maximum atomic E-state index is 12.0. The van der Waals surface area contributed by atoms with Gasteiger partial charge in [-0.05, 0) is 18.6 Å². The Labute approximate surface area is 123 Å². The van der Waals surface area contributed by atoms with Crippen molar-refractivity contribution in [2.45, 2.75) is 12.8 Å². The highest BCUT2D eigenvalue weighted by Gasteiger charge is 2.24. The first-order valence-electron chi connectivity index (χ1n) is 6.93. The summed E-state index contributed by atoms with van der Waals surface area (Å²) in [6.45, 7) is 0.637. The maximum absolute atomic E-state index is 12.0. The predicted octanol–water partition coefficient (Wildman–Crippen LogP) is 0.706. The van der Waals surface area contributed by atoms with Gasteiger partial charge in [0.1, 0.15) is 0 Å². The number of nitrogens with zero attached hydrogens (tertiary/aromatic N) is 2. The molecule has 1 aliphatic heterocycles. The summed E-state index contributed by atoms with van der Waals surface area (Å²) in [6, 6.07) is 9.07. The van der Waals surface area contributed by atoms with Gasteiger partial charge in [0.05, 0.1) is 13.1 Å². The van der Waals surface area contributed by atoms with Gasteiger partial charge in [0.2, 0.25) is 17.7 Å². The van der Waals surface area contributed by atoms with Crippen molar-refractivity contribution >= 4 is 23.4 Å². The molecule has 0 bridgehead atoms. The number of anilines is 1. The number of nitrogens with one attached hydrogen (secondary N) is 1. The molecule has 3 amide bonds. The van der Waals surface area contributed by atoms with Crippen LogP contribution in [-0.4, -0.2) is 54.2 Å². The molecule has 6 nitrogen and oxygen atoms in total. The van der Waals surface area contributed by atoms with Crippen molar-refractivity contribution in [1.82, 2.24) is 9.80 Å². The molecule has 2 rings (SSSR count). The molecule has 1 fully saturated rings. The zero-order valence-corrected chi connectivity index (χ0v) is 12.0. The fraction of sp³-hybridized carbons (Fsp3) is 0.400. The Hall–Kier alpha value is -2.37. The van der Waals surface area contributed by atoms with Crippen LogP contribution in [-0.2, 0) is 14.4 Å². The Morgan fingerprint density at radius 1 is 1.29 bits per heavy atom. The first kappa shape index (κ1) is 15.0. The Morgan fingerprint density at radius 3 is 2.62 bits per heavy atom. The van der Waals surface area contributed by atoms with Gasteiger partial charge < -0.3 is 15.1 Å². The van der Waals surface area contributed by atoms with Crippen LogP contribution in [0.3, 0.4) is 0 Å². The summed E-state index contributed by atoms with van der Waals surface area (Å²) in [5, 5.41) is 2.72. The first-order valence-corrected chi connectivity index (χ1v) is 6.93. The SMILES string of the molecule is CN(CC(=O)Nc1ccccc1)C(=O)CN1CCCC1=O. The minimum absolute atomic E-state index is 0.00508. The average molecular weight is 289 g/mol. The van der Waals surface area contributed by atoms with Crippen LogP contribution in [0.1, 0.15) is 12.8 Å².